The molecule has 0 aromatic carbocycles. The molecule has 1 saturated carbocycles. The highest BCUT2D eigenvalue weighted by Crippen LogP contribution is 2.30. The molecule has 92 valence electrons. The van der Waals surface area contributed by atoms with Gasteiger partial charge in [-0.25, -0.2) is 0 Å². The summed E-state index contributed by atoms with van der Waals surface area (Å²) in [6, 6.07) is 0.212. The Bertz CT molecular complexity index is 255. The minimum Gasteiger partial charge on any atom is -0.396 e. The SMILES string of the molecule is C=C(C)C(=O)NC(C)C1CCC(CO)CC1. The zero-order chi connectivity index (χ0) is 12.1. The molecule has 3 heteroatoms. The number of nitrogens with one attached hydrogen (secondary N) is 1. The molecule has 1 fully saturated rings. The molecule has 16 heavy (non-hydrogen) atoms. The van der Waals surface area contributed by atoms with Gasteiger partial charge in [-0.15, -0.1) is 0 Å². The highest BCUT2D eigenvalue weighted by molar-refractivity contribution is 5.92. The number of hydrogen-bond acceptors (Lipinski definition) is 2. The summed E-state index contributed by atoms with van der Waals surface area (Å²) in [6.45, 7) is 7.73. The fourth-order valence-electron chi connectivity index (χ4n) is 2.32. The van der Waals surface area contributed by atoms with Crippen LogP contribution in [-0.4, -0.2) is 23.7 Å². The Morgan fingerprint density at radius 1 is 1.44 bits per heavy atom. The fourth-order valence-corrected chi connectivity index (χ4v) is 2.32. The summed E-state index contributed by atoms with van der Waals surface area (Å²) in [5.74, 6) is 0.975. The standard InChI is InChI=1S/C13H23NO2/c1-9(2)13(16)14-10(3)12-6-4-11(8-15)5-7-12/h10-12,15H,1,4-8H2,2-3H3,(H,14,16). The molecule has 1 aliphatic carbocycles. The predicted molar refractivity (Wildman–Crippen MR) is 65.0 cm³/mol. The monoisotopic (exact) mass is 225 g/mol. The van der Waals surface area contributed by atoms with Crippen molar-refractivity contribution in [1.29, 1.82) is 0 Å². The Balaban J connectivity index is 2.35. The second-order valence-electron chi connectivity index (χ2n) is 5.01. The third-order valence-corrected chi connectivity index (χ3v) is 3.60. The van der Waals surface area contributed by atoms with E-state index in [9.17, 15) is 4.79 Å². The van der Waals surface area contributed by atoms with Gasteiger partial charge in [-0.3, -0.25) is 4.79 Å². The van der Waals surface area contributed by atoms with Crippen LogP contribution in [0.4, 0.5) is 0 Å². The fraction of sp³-hybridized carbons (Fsp3) is 0.769. The molecule has 1 unspecified atom stereocenters. The maximum atomic E-state index is 11.5. The summed E-state index contributed by atoms with van der Waals surface area (Å²) in [5.41, 5.74) is 0.566. The van der Waals surface area contributed by atoms with Gasteiger partial charge in [0.15, 0.2) is 0 Å². The zero-order valence-electron chi connectivity index (χ0n) is 10.3. The van der Waals surface area contributed by atoms with Crippen LogP contribution in [0.25, 0.3) is 0 Å². The van der Waals surface area contributed by atoms with Crippen molar-refractivity contribution in [3.05, 3.63) is 12.2 Å². The molecule has 0 heterocycles. The van der Waals surface area contributed by atoms with Gasteiger partial charge in [0, 0.05) is 18.2 Å². The second kappa shape index (κ2) is 6.04. The van der Waals surface area contributed by atoms with Crippen LogP contribution in [0, 0.1) is 11.8 Å². The zero-order valence-corrected chi connectivity index (χ0v) is 10.3. The van der Waals surface area contributed by atoms with Crippen LogP contribution in [-0.2, 0) is 4.79 Å². The second-order valence-corrected chi connectivity index (χ2v) is 5.01. The molecule has 0 aromatic heterocycles. The van der Waals surface area contributed by atoms with Gasteiger partial charge in [0.2, 0.25) is 5.91 Å². The van der Waals surface area contributed by atoms with Gasteiger partial charge in [-0.1, -0.05) is 6.58 Å². The van der Waals surface area contributed by atoms with E-state index < -0.39 is 0 Å². The molecule has 0 aromatic rings. The highest BCUT2D eigenvalue weighted by Gasteiger charge is 2.25. The lowest BCUT2D eigenvalue weighted by atomic mass is 9.79. The maximum absolute atomic E-state index is 11.5. The minimum absolute atomic E-state index is 0.0446. The van der Waals surface area contributed by atoms with Crippen LogP contribution in [0.3, 0.4) is 0 Å². The topological polar surface area (TPSA) is 49.3 Å². The Morgan fingerprint density at radius 2 is 2.00 bits per heavy atom. The van der Waals surface area contributed by atoms with Crippen molar-refractivity contribution >= 4 is 5.91 Å². The van der Waals surface area contributed by atoms with Crippen LogP contribution < -0.4 is 5.32 Å². The van der Waals surface area contributed by atoms with E-state index in [0.29, 0.717) is 24.0 Å². The predicted octanol–water partition coefficient (Wildman–Crippen LogP) is 1.87. The van der Waals surface area contributed by atoms with E-state index in [1.54, 1.807) is 6.92 Å². The quantitative estimate of drug-likeness (QED) is 0.718. The van der Waals surface area contributed by atoms with Crippen LogP contribution in [0.1, 0.15) is 39.5 Å². The molecular formula is C13H23NO2. The number of carbonyl (C=O) groups is 1. The van der Waals surface area contributed by atoms with Crippen LogP contribution in [0.2, 0.25) is 0 Å². The lowest BCUT2D eigenvalue weighted by Crippen LogP contribution is -2.40. The van der Waals surface area contributed by atoms with Gasteiger partial charge in [-0.05, 0) is 51.4 Å². The first kappa shape index (κ1) is 13.2. The molecule has 1 atom stereocenters. The molecule has 0 bridgehead atoms. The third-order valence-electron chi connectivity index (χ3n) is 3.60. The summed E-state index contributed by atoms with van der Waals surface area (Å²) >= 11 is 0. The Labute approximate surface area is 97.9 Å². The van der Waals surface area contributed by atoms with Gasteiger partial charge in [-0.2, -0.15) is 0 Å². The van der Waals surface area contributed by atoms with E-state index in [1.807, 2.05) is 0 Å². The minimum atomic E-state index is -0.0446. The molecule has 0 spiro atoms. The van der Waals surface area contributed by atoms with Crippen molar-refractivity contribution < 1.29 is 9.90 Å². The summed E-state index contributed by atoms with van der Waals surface area (Å²) in [4.78, 5) is 11.5. The molecule has 0 radical (unpaired) electrons. The molecule has 0 saturated heterocycles. The molecule has 1 aliphatic rings. The summed E-state index contributed by atoms with van der Waals surface area (Å²) in [5, 5.41) is 12.0. The van der Waals surface area contributed by atoms with E-state index in [1.165, 1.54) is 0 Å². The first-order chi connectivity index (χ1) is 7.54. The number of aliphatic hydroxyl groups is 1. The van der Waals surface area contributed by atoms with Crippen molar-refractivity contribution in [2.24, 2.45) is 11.8 Å². The van der Waals surface area contributed by atoms with Crippen LogP contribution >= 0.6 is 0 Å². The van der Waals surface area contributed by atoms with Gasteiger partial charge >= 0.3 is 0 Å². The lowest BCUT2D eigenvalue weighted by molar-refractivity contribution is -0.118. The third kappa shape index (κ3) is 3.63. The highest BCUT2D eigenvalue weighted by atomic mass is 16.3. The normalized spacial score (nSPS) is 27.2. The Morgan fingerprint density at radius 3 is 2.44 bits per heavy atom. The number of aliphatic hydroxyl groups excluding tert-OH is 1. The van der Waals surface area contributed by atoms with Crippen molar-refractivity contribution in [1.82, 2.24) is 5.32 Å². The van der Waals surface area contributed by atoms with Gasteiger partial charge in [0.1, 0.15) is 0 Å². The molecular weight excluding hydrogens is 202 g/mol. The molecule has 1 rings (SSSR count). The summed E-state index contributed by atoms with van der Waals surface area (Å²) in [6.07, 6.45) is 4.36. The van der Waals surface area contributed by atoms with Crippen molar-refractivity contribution in [2.45, 2.75) is 45.6 Å². The summed E-state index contributed by atoms with van der Waals surface area (Å²) in [7, 11) is 0. The Kier molecular flexibility index (Phi) is 5.00. The van der Waals surface area contributed by atoms with Gasteiger partial charge in [0.05, 0.1) is 0 Å². The van der Waals surface area contributed by atoms with Gasteiger partial charge in [0.25, 0.3) is 0 Å². The summed E-state index contributed by atoms with van der Waals surface area (Å²) < 4.78 is 0. The van der Waals surface area contributed by atoms with E-state index in [4.69, 9.17) is 5.11 Å². The van der Waals surface area contributed by atoms with Crippen molar-refractivity contribution in [2.75, 3.05) is 6.61 Å². The molecule has 0 aliphatic heterocycles. The van der Waals surface area contributed by atoms with Gasteiger partial charge < -0.3 is 10.4 Å². The van der Waals surface area contributed by atoms with Crippen molar-refractivity contribution in [3.63, 3.8) is 0 Å². The number of rotatable bonds is 4. The van der Waals surface area contributed by atoms with E-state index in [2.05, 4.69) is 18.8 Å². The molecule has 1 amide bonds. The molecule has 3 nitrogen and oxygen atoms in total. The van der Waals surface area contributed by atoms with E-state index in [-0.39, 0.29) is 11.9 Å². The number of carbonyl (C=O) groups excluding carboxylic acids is 1. The maximum Gasteiger partial charge on any atom is 0.246 e. The average molecular weight is 225 g/mol. The van der Waals surface area contributed by atoms with Crippen molar-refractivity contribution in [3.8, 4) is 0 Å². The van der Waals surface area contributed by atoms with Crippen LogP contribution in [0.15, 0.2) is 12.2 Å². The average Bonchev–Trinajstić information content (AvgIpc) is 2.28. The number of amides is 1. The smallest absolute Gasteiger partial charge is 0.246 e. The largest absolute Gasteiger partial charge is 0.396 e. The Hall–Kier alpha value is -0.830. The number of hydrogen-bond donors (Lipinski definition) is 2. The first-order valence-corrected chi connectivity index (χ1v) is 6.11. The van der Waals surface area contributed by atoms with E-state index in [0.717, 1.165) is 25.7 Å². The lowest BCUT2D eigenvalue weighted by Gasteiger charge is -2.31. The molecule has 2 N–H and O–H groups in total. The van der Waals surface area contributed by atoms with E-state index >= 15 is 0 Å². The van der Waals surface area contributed by atoms with Crippen LogP contribution in [0.5, 0.6) is 0 Å². The first-order valence-electron chi connectivity index (χ1n) is 6.11.